The molecule has 114 valence electrons. The lowest BCUT2D eigenvalue weighted by Crippen LogP contribution is -2.05. The molecule has 0 N–H and O–H groups in total. The summed E-state index contributed by atoms with van der Waals surface area (Å²) in [7, 11) is 0. The van der Waals surface area contributed by atoms with Crippen molar-refractivity contribution >= 4 is 6.29 Å². The van der Waals surface area contributed by atoms with Crippen molar-refractivity contribution in [2.75, 3.05) is 20.0 Å². The van der Waals surface area contributed by atoms with Crippen molar-refractivity contribution in [3.05, 3.63) is 48.0 Å². The molecule has 5 nitrogen and oxygen atoms in total. The number of rotatable bonds is 7. The van der Waals surface area contributed by atoms with Crippen molar-refractivity contribution in [1.29, 1.82) is 0 Å². The molecular weight excluding hydrogens is 284 g/mol. The summed E-state index contributed by atoms with van der Waals surface area (Å²) in [5.41, 5.74) is 0.606. The van der Waals surface area contributed by atoms with Crippen molar-refractivity contribution in [3.63, 3.8) is 0 Å². The molecule has 1 heterocycles. The van der Waals surface area contributed by atoms with E-state index in [-0.39, 0.29) is 6.79 Å². The first-order valence-corrected chi connectivity index (χ1v) is 7.05. The normalized spacial score (nSPS) is 12.0. The summed E-state index contributed by atoms with van der Waals surface area (Å²) >= 11 is 0. The van der Waals surface area contributed by atoms with E-state index in [0.717, 1.165) is 24.2 Å². The lowest BCUT2D eigenvalue weighted by atomic mass is 10.2. The van der Waals surface area contributed by atoms with E-state index in [0.29, 0.717) is 30.3 Å². The Kier molecular flexibility index (Phi) is 4.44. The summed E-state index contributed by atoms with van der Waals surface area (Å²) in [6.07, 6.45) is 1.54. The molecular formula is C17H16O5. The van der Waals surface area contributed by atoms with Gasteiger partial charge < -0.3 is 18.9 Å². The van der Waals surface area contributed by atoms with Crippen LogP contribution in [0.1, 0.15) is 16.8 Å². The second kappa shape index (κ2) is 6.85. The number of ether oxygens (including phenoxy) is 4. The van der Waals surface area contributed by atoms with E-state index in [1.807, 2.05) is 24.3 Å². The molecule has 2 aromatic rings. The number of fused-ring (bicyclic) bond motifs is 1. The number of carbonyl (C=O) groups excluding carboxylic acids is 1. The lowest BCUT2D eigenvalue weighted by Gasteiger charge is -2.08. The van der Waals surface area contributed by atoms with Crippen LogP contribution in [0.5, 0.6) is 23.0 Å². The molecule has 0 saturated heterocycles. The minimum Gasteiger partial charge on any atom is -0.493 e. The van der Waals surface area contributed by atoms with Gasteiger partial charge >= 0.3 is 0 Å². The highest BCUT2D eigenvalue weighted by Gasteiger charge is 2.13. The summed E-state index contributed by atoms with van der Waals surface area (Å²) in [4.78, 5) is 10.7. The van der Waals surface area contributed by atoms with Gasteiger partial charge in [0.2, 0.25) is 6.79 Å². The monoisotopic (exact) mass is 300 g/mol. The molecule has 0 atom stereocenters. The van der Waals surface area contributed by atoms with E-state index in [4.69, 9.17) is 18.9 Å². The molecule has 1 aliphatic rings. The molecule has 0 aliphatic carbocycles. The number of aldehydes is 1. The van der Waals surface area contributed by atoms with Gasteiger partial charge in [-0.05, 0) is 24.3 Å². The Labute approximate surface area is 128 Å². The number of hydrogen-bond donors (Lipinski definition) is 0. The average Bonchev–Trinajstić information content (AvgIpc) is 3.02. The van der Waals surface area contributed by atoms with E-state index >= 15 is 0 Å². The Balaban J connectivity index is 1.41. The van der Waals surface area contributed by atoms with E-state index in [1.54, 1.807) is 18.2 Å². The molecule has 0 unspecified atom stereocenters. The van der Waals surface area contributed by atoms with Crippen LogP contribution >= 0.6 is 0 Å². The maximum absolute atomic E-state index is 10.7. The van der Waals surface area contributed by atoms with Crippen LogP contribution in [0.15, 0.2) is 42.5 Å². The van der Waals surface area contributed by atoms with Crippen molar-refractivity contribution in [3.8, 4) is 23.0 Å². The Morgan fingerprint density at radius 1 is 0.955 bits per heavy atom. The van der Waals surface area contributed by atoms with Gasteiger partial charge in [-0.1, -0.05) is 12.1 Å². The smallest absolute Gasteiger partial charge is 0.231 e. The molecule has 0 spiro atoms. The quantitative estimate of drug-likeness (QED) is 0.581. The molecule has 1 aliphatic heterocycles. The van der Waals surface area contributed by atoms with Crippen LogP contribution in [-0.2, 0) is 0 Å². The van der Waals surface area contributed by atoms with Gasteiger partial charge in [0.1, 0.15) is 17.8 Å². The fourth-order valence-corrected chi connectivity index (χ4v) is 2.08. The molecule has 0 amide bonds. The topological polar surface area (TPSA) is 54.0 Å². The predicted octanol–water partition coefficient (Wildman–Crippen LogP) is 3.08. The van der Waals surface area contributed by atoms with Gasteiger partial charge in [0, 0.05) is 18.1 Å². The van der Waals surface area contributed by atoms with Gasteiger partial charge in [-0.15, -0.1) is 0 Å². The molecule has 0 saturated carbocycles. The van der Waals surface area contributed by atoms with E-state index in [9.17, 15) is 4.79 Å². The summed E-state index contributed by atoms with van der Waals surface area (Å²) in [6.45, 7) is 1.31. The van der Waals surface area contributed by atoms with E-state index in [2.05, 4.69) is 0 Å². The number of carbonyl (C=O) groups is 1. The van der Waals surface area contributed by atoms with Crippen LogP contribution in [0.4, 0.5) is 0 Å². The van der Waals surface area contributed by atoms with Gasteiger partial charge in [-0.25, -0.2) is 0 Å². The maximum atomic E-state index is 10.7. The van der Waals surface area contributed by atoms with Gasteiger partial charge in [0.15, 0.2) is 11.5 Å². The van der Waals surface area contributed by atoms with Gasteiger partial charge in [-0.2, -0.15) is 0 Å². The number of hydrogen-bond acceptors (Lipinski definition) is 5. The zero-order valence-corrected chi connectivity index (χ0v) is 12.0. The first kappa shape index (κ1) is 14.3. The second-order valence-electron chi connectivity index (χ2n) is 4.76. The molecule has 0 bridgehead atoms. The predicted molar refractivity (Wildman–Crippen MR) is 80.0 cm³/mol. The molecule has 2 aromatic carbocycles. The highest BCUT2D eigenvalue weighted by molar-refractivity contribution is 5.75. The van der Waals surface area contributed by atoms with Crippen LogP contribution in [-0.4, -0.2) is 26.3 Å². The molecule has 22 heavy (non-hydrogen) atoms. The fourth-order valence-electron chi connectivity index (χ4n) is 2.08. The zero-order valence-electron chi connectivity index (χ0n) is 12.0. The Hall–Kier alpha value is -2.69. The summed E-state index contributed by atoms with van der Waals surface area (Å²) in [5.74, 6) is 2.88. The third-order valence-corrected chi connectivity index (χ3v) is 3.16. The highest BCUT2D eigenvalue weighted by atomic mass is 16.7. The summed E-state index contributed by atoms with van der Waals surface area (Å²) in [6, 6.07) is 12.6. The minimum atomic E-state index is 0.256. The maximum Gasteiger partial charge on any atom is 0.231 e. The summed E-state index contributed by atoms with van der Waals surface area (Å²) in [5, 5.41) is 0. The third kappa shape index (κ3) is 3.49. The molecule has 5 heteroatoms. The first-order valence-electron chi connectivity index (χ1n) is 7.05. The molecule has 0 radical (unpaired) electrons. The Morgan fingerprint density at radius 2 is 1.73 bits per heavy atom. The van der Waals surface area contributed by atoms with Gasteiger partial charge in [0.25, 0.3) is 0 Å². The van der Waals surface area contributed by atoms with Crippen molar-refractivity contribution in [2.24, 2.45) is 0 Å². The van der Waals surface area contributed by atoms with Gasteiger partial charge in [-0.3, -0.25) is 4.79 Å². The van der Waals surface area contributed by atoms with E-state index < -0.39 is 0 Å². The second-order valence-corrected chi connectivity index (χ2v) is 4.76. The molecule has 0 aromatic heterocycles. The van der Waals surface area contributed by atoms with Crippen molar-refractivity contribution in [2.45, 2.75) is 6.42 Å². The first-order chi connectivity index (χ1) is 10.8. The standard InChI is InChI=1S/C17H16O5/c18-11-13-3-1-4-14(9-13)19-7-2-8-20-15-5-6-16-17(10-15)22-12-21-16/h1,3-6,9-11H,2,7-8,12H2. The Bertz CT molecular complexity index is 653. The summed E-state index contributed by atoms with van der Waals surface area (Å²) < 4.78 is 21.8. The molecule has 3 rings (SSSR count). The zero-order chi connectivity index (χ0) is 15.2. The highest BCUT2D eigenvalue weighted by Crippen LogP contribution is 2.35. The SMILES string of the molecule is O=Cc1cccc(OCCCOc2ccc3c(c2)OCO3)c1. The van der Waals surface area contributed by atoms with Crippen LogP contribution in [0.25, 0.3) is 0 Å². The van der Waals surface area contributed by atoms with Crippen LogP contribution < -0.4 is 18.9 Å². The van der Waals surface area contributed by atoms with E-state index in [1.165, 1.54) is 0 Å². The van der Waals surface area contributed by atoms with Crippen molar-refractivity contribution in [1.82, 2.24) is 0 Å². The fraction of sp³-hybridized carbons (Fsp3) is 0.235. The van der Waals surface area contributed by atoms with Crippen LogP contribution in [0.2, 0.25) is 0 Å². The largest absolute Gasteiger partial charge is 0.493 e. The van der Waals surface area contributed by atoms with Crippen LogP contribution in [0.3, 0.4) is 0 Å². The van der Waals surface area contributed by atoms with Gasteiger partial charge in [0.05, 0.1) is 13.2 Å². The molecule has 0 fully saturated rings. The third-order valence-electron chi connectivity index (χ3n) is 3.16. The van der Waals surface area contributed by atoms with Crippen molar-refractivity contribution < 1.29 is 23.7 Å². The lowest BCUT2D eigenvalue weighted by molar-refractivity contribution is 0.112. The van der Waals surface area contributed by atoms with Crippen LogP contribution in [0, 0.1) is 0 Å². The number of benzene rings is 2. The minimum absolute atomic E-state index is 0.256. The average molecular weight is 300 g/mol. The Morgan fingerprint density at radius 3 is 2.55 bits per heavy atom.